The zero-order valence-electron chi connectivity index (χ0n) is 15.1. The van der Waals surface area contributed by atoms with Gasteiger partial charge in [-0.3, -0.25) is 9.78 Å². The summed E-state index contributed by atoms with van der Waals surface area (Å²) in [4.78, 5) is 30.3. The molecule has 0 unspecified atom stereocenters. The maximum absolute atomic E-state index is 12.6. The van der Waals surface area contributed by atoms with Gasteiger partial charge in [0.25, 0.3) is 5.89 Å². The highest BCUT2D eigenvalue weighted by molar-refractivity contribution is 5.93. The van der Waals surface area contributed by atoms with Gasteiger partial charge in [0.15, 0.2) is 0 Å². The number of piperidine rings is 1. The number of ketones is 1. The molecule has 1 aliphatic rings. The molecule has 0 aliphatic carbocycles. The first kappa shape index (κ1) is 18.0. The fourth-order valence-electron chi connectivity index (χ4n) is 2.75. The average molecular weight is 358 g/mol. The smallest absolute Gasteiger partial charge is 0.410 e. The summed E-state index contributed by atoms with van der Waals surface area (Å²) in [7, 11) is 0. The Morgan fingerprint density at radius 2 is 1.96 bits per heavy atom. The maximum Gasteiger partial charge on any atom is 0.410 e. The molecular weight excluding hydrogens is 336 g/mol. The number of rotatable bonds is 3. The monoisotopic (exact) mass is 358 g/mol. The third-order valence-corrected chi connectivity index (χ3v) is 4.06. The molecule has 8 heteroatoms. The van der Waals surface area contributed by atoms with E-state index >= 15 is 0 Å². The zero-order valence-corrected chi connectivity index (χ0v) is 15.1. The van der Waals surface area contributed by atoms with E-state index in [-0.39, 0.29) is 29.6 Å². The number of ether oxygens (including phenoxy) is 1. The molecule has 26 heavy (non-hydrogen) atoms. The summed E-state index contributed by atoms with van der Waals surface area (Å²) in [5.74, 6) is -0.153. The summed E-state index contributed by atoms with van der Waals surface area (Å²) in [6.07, 6.45) is 3.98. The van der Waals surface area contributed by atoms with Crippen LogP contribution in [-0.4, -0.2) is 50.6 Å². The lowest BCUT2D eigenvalue weighted by Crippen LogP contribution is -2.43. The van der Waals surface area contributed by atoms with Crippen LogP contribution in [0.3, 0.4) is 0 Å². The van der Waals surface area contributed by atoms with Crippen molar-refractivity contribution in [1.29, 1.82) is 0 Å². The van der Waals surface area contributed by atoms with Gasteiger partial charge in [0.05, 0.1) is 5.56 Å². The third-order valence-electron chi connectivity index (χ3n) is 4.06. The van der Waals surface area contributed by atoms with E-state index < -0.39 is 5.60 Å². The van der Waals surface area contributed by atoms with Crippen LogP contribution in [0.5, 0.6) is 0 Å². The molecule has 0 atom stereocenters. The normalized spacial score (nSPS) is 15.7. The highest BCUT2D eigenvalue weighted by Crippen LogP contribution is 2.24. The van der Waals surface area contributed by atoms with Crippen LogP contribution in [0.1, 0.15) is 44.3 Å². The molecular formula is C18H22N4O4. The van der Waals surface area contributed by atoms with Crippen molar-refractivity contribution in [2.24, 2.45) is 5.92 Å². The minimum atomic E-state index is -0.532. The standard InChI is InChI=1S/C18H22N4O4/c1-18(2,3)26-17(24)22-9-6-12(7-10-22)14(23)16-21-20-15(25-16)13-5-4-8-19-11-13/h4-5,8,11-12H,6-7,9-10H2,1-3H3. The molecule has 0 aromatic carbocycles. The van der Waals surface area contributed by atoms with E-state index in [1.165, 1.54) is 0 Å². The van der Waals surface area contributed by atoms with Crippen LogP contribution in [0, 0.1) is 5.92 Å². The molecule has 1 aliphatic heterocycles. The quantitative estimate of drug-likeness (QED) is 0.778. The molecule has 0 spiro atoms. The Morgan fingerprint density at radius 3 is 2.58 bits per heavy atom. The Kier molecular flexibility index (Phi) is 5.01. The van der Waals surface area contributed by atoms with E-state index in [2.05, 4.69) is 15.2 Å². The summed E-state index contributed by atoms with van der Waals surface area (Å²) in [5, 5.41) is 7.79. The number of carbonyl (C=O) groups is 2. The van der Waals surface area contributed by atoms with Crippen molar-refractivity contribution in [2.45, 2.75) is 39.2 Å². The van der Waals surface area contributed by atoms with E-state index in [0.29, 0.717) is 31.5 Å². The molecule has 8 nitrogen and oxygen atoms in total. The number of Topliss-reactive ketones (excluding diaryl/α,β-unsaturated/α-hetero) is 1. The summed E-state index contributed by atoms with van der Waals surface area (Å²) < 4.78 is 10.9. The van der Waals surface area contributed by atoms with Gasteiger partial charge in [-0.05, 0) is 45.7 Å². The molecule has 1 saturated heterocycles. The topological polar surface area (TPSA) is 98.4 Å². The van der Waals surface area contributed by atoms with Crippen molar-refractivity contribution >= 4 is 11.9 Å². The Hall–Kier alpha value is -2.77. The van der Waals surface area contributed by atoms with Gasteiger partial charge in [-0.25, -0.2) is 4.79 Å². The minimum Gasteiger partial charge on any atom is -0.444 e. The van der Waals surface area contributed by atoms with Crippen LogP contribution < -0.4 is 0 Å². The SMILES string of the molecule is CC(C)(C)OC(=O)N1CCC(C(=O)c2nnc(-c3cccnc3)o2)CC1. The number of pyridine rings is 1. The number of carbonyl (C=O) groups excluding carboxylic acids is 2. The van der Waals surface area contributed by atoms with Gasteiger partial charge in [-0.2, -0.15) is 0 Å². The third kappa shape index (κ3) is 4.25. The predicted molar refractivity (Wildman–Crippen MR) is 92.4 cm³/mol. The van der Waals surface area contributed by atoms with Crippen LogP contribution in [0.15, 0.2) is 28.9 Å². The summed E-state index contributed by atoms with van der Waals surface area (Å²) in [6.45, 7) is 6.42. The van der Waals surface area contributed by atoms with Crippen molar-refractivity contribution in [3.05, 3.63) is 30.4 Å². The molecule has 138 valence electrons. The minimum absolute atomic E-state index is 0.000397. The lowest BCUT2D eigenvalue weighted by Gasteiger charge is -2.32. The van der Waals surface area contributed by atoms with Crippen LogP contribution in [0.4, 0.5) is 4.79 Å². The van der Waals surface area contributed by atoms with Gasteiger partial charge >= 0.3 is 6.09 Å². The first-order valence-electron chi connectivity index (χ1n) is 8.59. The zero-order chi connectivity index (χ0) is 18.7. The fourth-order valence-corrected chi connectivity index (χ4v) is 2.75. The number of amides is 1. The van der Waals surface area contributed by atoms with Gasteiger partial charge in [-0.15, -0.1) is 10.2 Å². The lowest BCUT2D eigenvalue weighted by atomic mass is 9.92. The molecule has 0 saturated carbocycles. The average Bonchev–Trinajstić information content (AvgIpc) is 3.11. The Balaban J connectivity index is 1.59. The molecule has 1 amide bonds. The Morgan fingerprint density at radius 1 is 1.23 bits per heavy atom. The summed E-state index contributed by atoms with van der Waals surface area (Å²) in [5.41, 5.74) is 0.134. The molecule has 1 fully saturated rings. The van der Waals surface area contributed by atoms with Crippen LogP contribution >= 0.6 is 0 Å². The summed E-state index contributed by atoms with van der Waals surface area (Å²) >= 11 is 0. The van der Waals surface area contributed by atoms with Crippen molar-refractivity contribution in [2.75, 3.05) is 13.1 Å². The number of likely N-dealkylation sites (tertiary alicyclic amines) is 1. The number of aromatic nitrogens is 3. The second-order valence-electron chi connectivity index (χ2n) is 7.26. The number of nitrogens with zero attached hydrogens (tertiary/aromatic N) is 4. The highest BCUT2D eigenvalue weighted by Gasteiger charge is 2.32. The Labute approximate surface area is 151 Å². The van der Waals surface area contributed by atoms with E-state index in [9.17, 15) is 9.59 Å². The van der Waals surface area contributed by atoms with Gasteiger partial charge in [-0.1, -0.05) is 0 Å². The largest absolute Gasteiger partial charge is 0.444 e. The van der Waals surface area contributed by atoms with Crippen molar-refractivity contribution in [1.82, 2.24) is 20.1 Å². The van der Waals surface area contributed by atoms with Gasteiger partial charge < -0.3 is 14.1 Å². The number of hydrogen-bond acceptors (Lipinski definition) is 7. The molecule has 2 aromatic rings. The second-order valence-corrected chi connectivity index (χ2v) is 7.26. The second kappa shape index (κ2) is 7.23. The van der Waals surface area contributed by atoms with Crippen molar-refractivity contribution in [3.8, 4) is 11.5 Å². The van der Waals surface area contributed by atoms with Gasteiger partial charge in [0, 0.05) is 31.4 Å². The van der Waals surface area contributed by atoms with E-state index in [1.807, 2.05) is 20.8 Å². The van der Waals surface area contributed by atoms with Crippen LogP contribution in [0.2, 0.25) is 0 Å². The Bertz CT molecular complexity index is 774. The van der Waals surface area contributed by atoms with Gasteiger partial charge in [0.2, 0.25) is 11.7 Å². The maximum atomic E-state index is 12.6. The molecule has 3 heterocycles. The van der Waals surface area contributed by atoms with E-state index in [4.69, 9.17) is 9.15 Å². The van der Waals surface area contributed by atoms with Crippen molar-refractivity contribution in [3.63, 3.8) is 0 Å². The van der Waals surface area contributed by atoms with Crippen molar-refractivity contribution < 1.29 is 18.7 Å². The van der Waals surface area contributed by atoms with Crippen LogP contribution in [0.25, 0.3) is 11.5 Å². The molecule has 3 rings (SSSR count). The molecule has 0 bridgehead atoms. The number of hydrogen-bond donors (Lipinski definition) is 0. The molecule has 2 aromatic heterocycles. The van der Waals surface area contributed by atoms with Crippen LogP contribution in [-0.2, 0) is 4.74 Å². The molecule has 0 radical (unpaired) electrons. The van der Waals surface area contributed by atoms with E-state index in [1.54, 1.807) is 29.4 Å². The predicted octanol–water partition coefficient (Wildman–Crippen LogP) is 2.96. The van der Waals surface area contributed by atoms with Gasteiger partial charge in [0.1, 0.15) is 5.60 Å². The lowest BCUT2D eigenvalue weighted by molar-refractivity contribution is 0.0180. The summed E-state index contributed by atoms with van der Waals surface area (Å²) in [6, 6.07) is 3.54. The highest BCUT2D eigenvalue weighted by atomic mass is 16.6. The van der Waals surface area contributed by atoms with E-state index in [0.717, 1.165) is 0 Å². The first-order chi connectivity index (χ1) is 12.3. The fraction of sp³-hybridized carbons (Fsp3) is 0.500. The first-order valence-corrected chi connectivity index (χ1v) is 8.59. The molecule has 0 N–H and O–H groups in total.